The zero-order chi connectivity index (χ0) is 48.9. The SMILES string of the molecule is C1=CCC=CC(c2ccccn2)=C1.C=C/C=C(\C=C/CC(c1ccccc1)c1ccccc1-c1c(C)ccc2c1oc1ccccc12)N(C)c1ccc(C/C=C\C=C/CC)cc1.CC.CC.CC. The van der Waals surface area contributed by atoms with Crippen LogP contribution in [0, 0.1) is 6.92 Å². The average Bonchev–Trinajstić information content (AvgIpc) is 3.56. The van der Waals surface area contributed by atoms with Crippen LogP contribution in [0.4, 0.5) is 5.69 Å². The third-order valence-corrected chi connectivity index (χ3v) is 11.1. The summed E-state index contributed by atoms with van der Waals surface area (Å²) in [4.78, 5) is 6.51. The molecule has 0 spiro atoms. The molecule has 5 aromatic carbocycles. The lowest BCUT2D eigenvalue weighted by atomic mass is 9.82. The largest absolute Gasteiger partial charge is 0.455 e. The van der Waals surface area contributed by atoms with Crippen LogP contribution in [0.5, 0.6) is 0 Å². The number of hydrogen-bond acceptors (Lipinski definition) is 3. The van der Waals surface area contributed by atoms with E-state index in [-0.39, 0.29) is 5.92 Å². The number of aromatic nitrogens is 1. The number of pyridine rings is 1. The van der Waals surface area contributed by atoms with Gasteiger partial charge < -0.3 is 9.32 Å². The number of rotatable bonds is 14. The summed E-state index contributed by atoms with van der Waals surface area (Å²) < 4.78 is 6.57. The minimum atomic E-state index is 0.141. The Morgan fingerprint density at radius 3 is 2.18 bits per heavy atom. The number of anilines is 1. The van der Waals surface area contributed by atoms with Crippen molar-refractivity contribution in [1.29, 1.82) is 0 Å². The second-order valence-corrected chi connectivity index (χ2v) is 15.3. The predicted molar refractivity (Wildman–Crippen MR) is 300 cm³/mol. The molecule has 350 valence electrons. The predicted octanol–water partition coefficient (Wildman–Crippen LogP) is 19.0. The standard InChI is InChI=1S/C47H45NO.C12H11N.3C2H6/c1-5-7-8-9-11-20-36-30-32-39(33-31-36)48(4)38(19-6-2)23-18-27-40(37-21-12-10-13-22-37)41-24-14-15-26-43(41)46-35(3)29-34-44-42-25-16-17-28-45(42)49-47(44)46;1-2-4-8-11(7-3-1)12-9-5-6-10-13-12;3*1-2/h6-19,21-26,28-34,40H,2,5,20,27H2,1,3-4H3;1,3-10H,2H2;3*1-2H3/b8-7-,11-9-,23-18-,38-19+;;;;. The first-order chi connectivity index (χ1) is 33.6. The van der Waals surface area contributed by atoms with Gasteiger partial charge in [-0.05, 0) is 108 Å². The summed E-state index contributed by atoms with van der Waals surface area (Å²) >= 11 is 0. The van der Waals surface area contributed by atoms with Crippen molar-refractivity contribution >= 4 is 33.2 Å². The molecule has 1 unspecified atom stereocenters. The van der Waals surface area contributed by atoms with E-state index in [1.54, 1.807) is 0 Å². The van der Waals surface area contributed by atoms with Crippen molar-refractivity contribution in [3.05, 3.63) is 259 Å². The third-order valence-electron chi connectivity index (χ3n) is 11.1. The number of likely N-dealkylation sites (N-methyl/N-ethyl adjacent to an activating group) is 1. The van der Waals surface area contributed by atoms with E-state index >= 15 is 0 Å². The van der Waals surface area contributed by atoms with E-state index in [2.05, 4.69) is 219 Å². The zero-order valence-corrected chi connectivity index (χ0v) is 42.2. The van der Waals surface area contributed by atoms with Gasteiger partial charge in [-0.25, -0.2) is 0 Å². The normalized spacial score (nSPS) is 12.5. The van der Waals surface area contributed by atoms with Gasteiger partial charge in [0.25, 0.3) is 0 Å². The smallest absolute Gasteiger partial charge is 0.143 e. The van der Waals surface area contributed by atoms with E-state index in [4.69, 9.17) is 4.42 Å². The van der Waals surface area contributed by atoms with Crippen molar-refractivity contribution in [2.45, 2.75) is 87.0 Å². The summed E-state index contributed by atoms with van der Waals surface area (Å²) in [7, 11) is 2.12. The molecular formula is C65H74N2O. The summed E-state index contributed by atoms with van der Waals surface area (Å²) in [6, 6.07) is 47.2. The summed E-state index contributed by atoms with van der Waals surface area (Å²) in [6.45, 7) is 20.4. The first-order valence-corrected chi connectivity index (χ1v) is 24.7. The first kappa shape index (κ1) is 53.4. The fraction of sp³-hybridized carbons (Fsp3) is 0.215. The van der Waals surface area contributed by atoms with E-state index in [9.17, 15) is 0 Å². The van der Waals surface area contributed by atoms with E-state index in [1.807, 2.05) is 78.1 Å². The van der Waals surface area contributed by atoms with Gasteiger partial charge in [-0.15, -0.1) is 0 Å². The van der Waals surface area contributed by atoms with Gasteiger partial charge in [0.1, 0.15) is 11.2 Å². The van der Waals surface area contributed by atoms with Crippen LogP contribution < -0.4 is 4.90 Å². The molecule has 2 aromatic heterocycles. The minimum Gasteiger partial charge on any atom is -0.455 e. The fourth-order valence-corrected chi connectivity index (χ4v) is 7.89. The maximum atomic E-state index is 6.57. The maximum Gasteiger partial charge on any atom is 0.143 e. The number of fused-ring (bicyclic) bond motifs is 3. The Bertz CT molecular complexity index is 2780. The lowest BCUT2D eigenvalue weighted by Crippen LogP contribution is -2.15. The van der Waals surface area contributed by atoms with Crippen LogP contribution in [0.2, 0.25) is 0 Å². The molecule has 0 saturated carbocycles. The fourth-order valence-electron chi connectivity index (χ4n) is 7.89. The minimum absolute atomic E-state index is 0.141. The number of aryl methyl sites for hydroxylation is 1. The van der Waals surface area contributed by atoms with Gasteiger partial charge in [-0.3, -0.25) is 4.98 Å². The van der Waals surface area contributed by atoms with E-state index in [1.165, 1.54) is 33.4 Å². The van der Waals surface area contributed by atoms with Crippen LogP contribution in [-0.2, 0) is 6.42 Å². The van der Waals surface area contributed by atoms with Crippen LogP contribution >= 0.6 is 0 Å². The van der Waals surface area contributed by atoms with Crippen molar-refractivity contribution in [2.75, 3.05) is 11.9 Å². The third kappa shape index (κ3) is 14.9. The lowest BCUT2D eigenvalue weighted by molar-refractivity contribution is 0.669. The molecule has 0 N–H and O–H groups in total. The molecule has 8 rings (SSSR count). The highest BCUT2D eigenvalue weighted by atomic mass is 16.3. The second kappa shape index (κ2) is 30.1. The van der Waals surface area contributed by atoms with Gasteiger partial charge in [0, 0.05) is 46.9 Å². The highest BCUT2D eigenvalue weighted by Gasteiger charge is 2.22. The van der Waals surface area contributed by atoms with E-state index in [0.717, 1.165) is 70.3 Å². The number of furan rings is 1. The number of hydrogen-bond donors (Lipinski definition) is 0. The summed E-state index contributed by atoms with van der Waals surface area (Å²) in [5.41, 5.74) is 13.7. The Morgan fingerprint density at radius 1 is 0.735 bits per heavy atom. The van der Waals surface area contributed by atoms with Gasteiger partial charge in [-0.2, -0.15) is 0 Å². The quantitative estimate of drug-likeness (QED) is 0.102. The average molecular weight is 899 g/mol. The molecule has 1 aliphatic carbocycles. The van der Waals surface area contributed by atoms with Gasteiger partial charge in [0.05, 0.1) is 5.69 Å². The summed E-state index contributed by atoms with van der Waals surface area (Å²) in [5.74, 6) is 0.141. The second-order valence-electron chi connectivity index (χ2n) is 15.3. The molecule has 0 radical (unpaired) electrons. The van der Waals surface area contributed by atoms with Crippen molar-refractivity contribution in [3.8, 4) is 11.1 Å². The van der Waals surface area contributed by atoms with Gasteiger partial charge >= 0.3 is 0 Å². The maximum absolute atomic E-state index is 6.57. The number of nitrogens with zero attached hydrogens (tertiary/aromatic N) is 2. The number of allylic oxidation sites excluding steroid dienone is 14. The van der Waals surface area contributed by atoms with Crippen molar-refractivity contribution in [1.82, 2.24) is 4.98 Å². The van der Waals surface area contributed by atoms with Gasteiger partial charge in [0.15, 0.2) is 0 Å². The Kier molecular flexibility index (Phi) is 23.7. The Balaban J connectivity index is 0.000000446. The molecule has 68 heavy (non-hydrogen) atoms. The van der Waals surface area contributed by atoms with Gasteiger partial charge in [0.2, 0.25) is 0 Å². The first-order valence-electron chi connectivity index (χ1n) is 24.7. The van der Waals surface area contributed by atoms with Crippen molar-refractivity contribution in [2.24, 2.45) is 0 Å². The Labute approximate surface area is 409 Å². The van der Waals surface area contributed by atoms with Crippen molar-refractivity contribution in [3.63, 3.8) is 0 Å². The van der Waals surface area contributed by atoms with Crippen molar-refractivity contribution < 1.29 is 4.42 Å². The van der Waals surface area contributed by atoms with Gasteiger partial charge in [-0.1, -0.05) is 225 Å². The molecular weight excluding hydrogens is 825 g/mol. The molecule has 7 aromatic rings. The summed E-state index contributed by atoms with van der Waals surface area (Å²) in [6.07, 6.45) is 33.3. The molecule has 0 amide bonds. The highest BCUT2D eigenvalue weighted by molar-refractivity contribution is 6.10. The molecule has 3 heteroatoms. The topological polar surface area (TPSA) is 29.3 Å². The number of benzene rings is 5. The highest BCUT2D eigenvalue weighted by Crippen LogP contribution is 2.42. The summed E-state index contributed by atoms with van der Waals surface area (Å²) in [5, 5.41) is 2.30. The van der Waals surface area contributed by atoms with Crippen LogP contribution in [0.3, 0.4) is 0 Å². The lowest BCUT2D eigenvalue weighted by Gasteiger charge is -2.23. The molecule has 0 fully saturated rings. The molecule has 0 bridgehead atoms. The van der Waals surface area contributed by atoms with Crippen LogP contribution in [-0.4, -0.2) is 12.0 Å². The molecule has 1 atom stereocenters. The van der Waals surface area contributed by atoms with Crippen LogP contribution in [0.15, 0.2) is 235 Å². The van der Waals surface area contributed by atoms with Crippen LogP contribution in [0.1, 0.15) is 102 Å². The molecule has 2 heterocycles. The molecule has 3 nitrogen and oxygen atoms in total. The van der Waals surface area contributed by atoms with E-state index < -0.39 is 0 Å². The Morgan fingerprint density at radius 2 is 1.44 bits per heavy atom. The molecule has 1 aliphatic rings. The monoisotopic (exact) mass is 899 g/mol. The molecule has 0 saturated heterocycles. The molecule has 0 aliphatic heterocycles. The van der Waals surface area contributed by atoms with Crippen LogP contribution in [0.25, 0.3) is 38.6 Å². The Hall–Kier alpha value is -7.23. The van der Waals surface area contributed by atoms with E-state index in [0.29, 0.717) is 0 Å². The zero-order valence-electron chi connectivity index (χ0n) is 42.2. The number of para-hydroxylation sites is 1.